The van der Waals surface area contributed by atoms with Crippen molar-refractivity contribution in [3.8, 4) is 0 Å². The van der Waals surface area contributed by atoms with Crippen molar-refractivity contribution in [2.75, 3.05) is 44.2 Å². The first kappa shape index (κ1) is 21.6. The average molecular weight is 414 g/mol. The first-order valence-electron chi connectivity index (χ1n) is 10.5. The van der Waals surface area contributed by atoms with Crippen molar-refractivity contribution in [2.45, 2.75) is 36.6 Å². The summed E-state index contributed by atoms with van der Waals surface area (Å²) in [7, 11) is 0. The van der Waals surface area contributed by atoms with Crippen LogP contribution in [0.15, 0.2) is 52.6 Å². The Balaban J connectivity index is 1.52. The van der Waals surface area contributed by atoms with Gasteiger partial charge in [-0.2, -0.15) is 0 Å². The predicted octanol–water partition coefficient (Wildman–Crippen LogP) is 3.30. The van der Waals surface area contributed by atoms with Gasteiger partial charge in [-0.25, -0.2) is 9.97 Å². The molecule has 1 N–H and O–H groups in total. The highest BCUT2D eigenvalue weighted by atomic mass is 32.2. The van der Waals surface area contributed by atoms with Gasteiger partial charge in [0.05, 0.1) is 0 Å². The van der Waals surface area contributed by atoms with E-state index in [9.17, 15) is 4.79 Å². The van der Waals surface area contributed by atoms with Gasteiger partial charge in [0.25, 0.3) is 0 Å². The second-order valence-corrected chi connectivity index (χ2v) is 8.24. The standard InChI is InChI=1S/C22H31N5OS/c1-3-26(4-2)17-14-24-21(28)18-10-15-27(16-11-18)20-22(25-13-12-23-20)29-19-8-6-5-7-9-19/h5-9,12-13,18H,3-4,10-11,14-17H2,1-2H3,(H,24,28). The Morgan fingerprint density at radius 2 is 1.83 bits per heavy atom. The fourth-order valence-corrected chi connectivity index (χ4v) is 4.48. The molecule has 0 radical (unpaired) electrons. The molecule has 1 saturated heterocycles. The molecule has 0 bridgehead atoms. The molecule has 1 aliphatic heterocycles. The Morgan fingerprint density at radius 3 is 2.52 bits per heavy atom. The molecule has 2 heterocycles. The van der Waals surface area contributed by atoms with Crippen LogP contribution in [0.4, 0.5) is 5.82 Å². The monoisotopic (exact) mass is 413 g/mol. The van der Waals surface area contributed by atoms with E-state index in [0.29, 0.717) is 0 Å². The third kappa shape index (κ3) is 6.18. The highest BCUT2D eigenvalue weighted by Crippen LogP contribution is 2.33. The van der Waals surface area contributed by atoms with Gasteiger partial charge in [0.1, 0.15) is 5.03 Å². The molecule has 0 unspecified atom stereocenters. The number of nitrogens with zero attached hydrogens (tertiary/aromatic N) is 4. The summed E-state index contributed by atoms with van der Waals surface area (Å²) in [5, 5.41) is 4.04. The number of aromatic nitrogens is 2. The fraction of sp³-hybridized carbons (Fsp3) is 0.500. The van der Waals surface area contributed by atoms with E-state index in [1.165, 1.54) is 0 Å². The number of nitrogens with one attached hydrogen (secondary N) is 1. The van der Waals surface area contributed by atoms with Gasteiger partial charge in [-0.3, -0.25) is 4.79 Å². The zero-order chi connectivity index (χ0) is 20.5. The topological polar surface area (TPSA) is 61.4 Å². The maximum absolute atomic E-state index is 12.5. The molecule has 3 rings (SSSR count). The van der Waals surface area contributed by atoms with E-state index in [0.717, 1.165) is 67.8 Å². The average Bonchev–Trinajstić information content (AvgIpc) is 2.78. The molecule has 1 aromatic heterocycles. The normalized spacial score (nSPS) is 14.9. The number of hydrogen-bond donors (Lipinski definition) is 1. The predicted molar refractivity (Wildman–Crippen MR) is 118 cm³/mol. The minimum atomic E-state index is 0.0878. The first-order chi connectivity index (χ1) is 14.2. The summed E-state index contributed by atoms with van der Waals surface area (Å²) in [4.78, 5) is 27.4. The minimum absolute atomic E-state index is 0.0878. The number of hydrogen-bond acceptors (Lipinski definition) is 6. The Morgan fingerprint density at radius 1 is 1.14 bits per heavy atom. The summed E-state index contributed by atoms with van der Waals surface area (Å²) in [6, 6.07) is 10.2. The smallest absolute Gasteiger partial charge is 0.223 e. The molecule has 0 atom stereocenters. The number of likely N-dealkylation sites (N-methyl/N-ethyl adjacent to an activating group) is 1. The van der Waals surface area contributed by atoms with Crippen LogP contribution >= 0.6 is 11.8 Å². The van der Waals surface area contributed by atoms with Crippen LogP contribution in [0.1, 0.15) is 26.7 Å². The van der Waals surface area contributed by atoms with Crippen LogP contribution in [0, 0.1) is 5.92 Å². The summed E-state index contributed by atoms with van der Waals surface area (Å²) >= 11 is 1.63. The molecule has 1 amide bonds. The summed E-state index contributed by atoms with van der Waals surface area (Å²) in [6.45, 7) is 9.64. The quantitative estimate of drug-likeness (QED) is 0.681. The number of benzene rings is 1. The third-order valence-corrected chi connectivity index (χ3v) is 6.38. The molecular weight excluding hydrogens is 382 g/mol. The van der Waals surface area contributed by atoms with Crippen LogP contribution in [0.2, 0.25) is 0 Å². The van der Waals surface area contributed by atoms with E-state index in [2.05, 4.69) is 51.1 Å². The number of rotatable bonds is 9. The van der Waals surface area contributed by atoms with Crippen LogP contribution in [0.25, 0.3) is 0 Å². The van der Waals surface area contributed by atoms with Crippen LogP contribution in [-0.2, 0) is 4.79 Å². The van der Waals surface area contributed by atoms with Gasteiger partial charge in [0, 0.05) is 49.4 Å². The fourth-order valence-electron chi connectivity index (χ4n) is 3.58. The lowest BCUT2D eigenvalue weighted by molar-refractivity contribution is -0.125. The molecule has 1 aliphatic rings. The Hall–Kier alpha value is -2.12. The lowest BCUT2D eigenvalue weighted by Gasteiger charge is -2.32. The Kier molecular flexibility index (Phi) is 8.31. The van der Waals surface area contributed by atoms with Gasteiger partial charge in [-0.05, 0) is 38.1 Å². The highest BCUT2D eigenvalue weighted by molar-refractivity contribution is 7.99. The van der Waals surface area contributed by atoms with Crippen molar-refractivity contribution in [1.29, 1.82) is 0 Å². The molecular formula is C22H31N5OS. The molecule has 6 nitrogen and oxygen atoms in total. The van der Waals surface area contributed by atoms with E-state index in [4.69, 9.17) is 0 Å². The van der Waals surface area contributed by atoms with Crippen molar-refractivity contribution in [2.24, 2.45) is 5.92 Å². The molecule has 1 fully saturated rings. The second kappa shape index (κ2) is 11.2. The minimum Gasteiger partial charge on any atom is -0.355 e. The van der Waals surface area contributed by atoms with E-state index in [1.54, 1.807) is 24.2 Å². The summed E-state index contributed by atoms with van der Waals surface area (Å²) in [5.41, 5.74) is 0. The van der Waals surface area contributed by atoms with E-state index in [1.807, 2.05) is 18.2 Å². The van der Waals surface area contributed by atoms with E-state index >= 15 is 0 Å². The van der Waals surface area contributed by atoms with E-state index < -0.39 is 0 Å². The van der Waals surface area contributed by atoms with Crippen LogP contribution in [0.3, 0.4) is 0 Å². The number of carbonyl (C=O) groups is 1. The first-order valence-corrected chi connectivity index (χ1v) is 11.3. The lowest BCUT2D eigenvalue weighted by Crippen LogP contribution is -2.43. The van der Waals surface area contributed by atoms with Gasteiger partial charge < -0.3 is 15.1 Å². The summed E-state index contributed by atoms with van der Waals surface area (Å²) in [5.74, 6) is 1.20. The summed E-state index contributed by atoms with van der Waals surface area (Å²) < 4.78 is 0. The number of anilines is 1. The molecule has 0 saturated carbocycles. The van der Waals surface area contributed by atoms with Gasteiger partial charge in [0.15, 0.2) is 5.82 Å². The van der Waals surface area contributed by atoms with Gasteiger partial charge in [-0.15, -0.1) is 0 Å². The number of amides is 1. The molecule has 156 valence electrons. The molecule has 2 aromatic rings. The van der Waals surface area contributed by atoms with Gasteiger partial charge >= 0.3 is 0 Å². The maximum atomic E-state index is 12.5. The Bertz CT molecular complexity index is 761. The zero-order valence-electron chi connectivity index (χ0n) is 17.4. The van der Waals surface area contributed by atoms with Gasteiger partial charge in [-0.1, -0.05) is 43.8 Å². The molecule has 0 aliphatic carbocycles. The van der Waals surface area contributed by atoms with Gasteiger partial charge in [0.2, 0.25) is 5.91 Å². The van der Waals surface area contributed by atoms with Crippen molar-refractivity contribution in [1.82, 2.24) is 20.2 Å². The van der Waals surface area contributed by atoms with Crippen LogP contribution in [-0.4, -0.2) is 60.0 Å². The van der Waals surface area contributed by atoms with Crippen molar-refractivity contribution < 1.29 is 4.79 Å². The van der Waals surface area contributed by atoms with Crippen LogP contribution < -0.4 is 10.2 Å². The summed E-state index contributed by atoms with van der Waals surface area (Å²) in [6.07, 6.45) is 5.19. The number of carbonyl (C=O) groups excluding carboxylic acids is 1. The molecule has 1 aromatic carbocycles. The molecule has 29 heavy (non-hydrogen) atoms. The van der Waals surface area contributed by atoms with E-state index in [-0.39, 0.29) is 11.8 Å². The number of piperidine rings is 1. The van der Waals surface area contributed by atoms with Crippen molar-refractivity contribution >= 4 is 23.5 Å². The second-order valence-electron chi connectivity index (χ2n) is 7.18. The van der Waals surface area contributed by atoms with Crippen molar-refractivity contribution in [3.63, 3.8) is 0 Å². The molecule has 7 heteroatoms. The molecule has 0 spiro atoms. The largest absolute Gasteiger partial charge is 0.355 e. The lowest BCUT2D eigenvalue weighted by atomic mass is 9.96. The maximum Gasteiger partial charge on any atom is 0.223 e. The highest BCUT2D eigenvalue weighted by Gasteiger charge is 2.27. The zero-order valence-corrected chi connectivity index (χ0v) is 18.2. The Labute approximate surface area is 178 Å². The van der Waals surface area contributed by atoms with Crippen LogP contribution in [0.5, 0.6) is 0 Å². The third-order valence-electron chi connectivity index (χ3n) is 5.39. The SMILES string of the molecule is CCN(CC)CCNC(=O)C1CCN(c2nccnc2Sc2ccccc2)CC1. The van der Waals surface area contributed by atoms with Crippen molar-refractivity contribution in [3.05, 3.63) is 42.7 Å².